The van der Waals surface area contributed by atoms with Crippen molar-refractivity contribution in [1.29, 1.82) is 5.41 Å². The molecule has 0 saturated heterocycles. The highest BCUT2D eigenvalue weighted by atomic mass is 35.5. The number of hydrogen-bond acceptors (Lipinski definition) is 3. The summed E-state index contributed by atoms with van der Waals surface area (Å²) < 4.78 is 0. The number of carbonyl (C=O) groups is 1. The molecule has 0 fully saturated rings. The fourth-order valence-corrected chi connectivity index (χ4v) is 0.170. The molecule has 54 valence electrons. The van der Waals surface area contributed by atoms with Gasteiger partial charge in [-0.1, -0.05) is 0 Å². The zero-order valence-electron chi connectivity index (χ0n) is 4.92. The van der Waals surface area contributed by atoms with Gasteiger partial charge in [0, 0.05) is 6.92 Å². The monoisotopic (exact) mass is 152 g/mol. The van der Waals surface area contributed by atoms with E-state index in [1.807, 2.05) is 0 Å². The number of halogens is 1. The minimum Gasteiger partial charge on any atom is -0.369 e. The van der Waals surface area contributed by atoms with Crippen LogP contribution in [-0.2, 0) is 4.79 Å². The van der Waals surface area contributed by atoms with Crippen molar-refractivity contribution in [2.45, 2.75) is 6.92 Å². The number of amides is 1. The van der Waals surface area contributed by atoms with Gasteiger partial charge in [0.05, 0.1) is 0 Å². The van der Waals surface area contributed by atoms with E-state index in [1.54, 1.807) is 0 Å². The number of rotatable bonds is 0. The van der Waals surface area contributed by atoms with Crippen molar-refractivity contribution in [3.63, 3.8) is 0 Å². The van der Waals surface area contributed by atoms with Crippen LogP contribution in [-0.4, -0.2) is 16.9 Å². The molecule has 0 aliphatic carbocycles. The summed E-state index contributed by atoms with van der Waals surface area (Å²) >= 11 is 0. The number of hydrogen-bond donors (Lipinski definition) is 3. The predicted molar refractivity (Wildman–Crippen MR) is 35.9 cm³/mol. The Morgan fingerprint density at radius 1 is 1.67 bits per heavy atom. The first-order valence-electron chi connectivity index (χ1n) is 1.95. The zero-order chi connectivity index (χ0) is 6.73. The molecule has 0 aromatic carbocycles. The maximum atomic E-state index is 10.2. The third-order valence-electron chi connectivity index (χ3n) is 0.599. The Morgan fingerprint density at radius 3 is 2.00 bits per heavy atom. The average molecular weight is 153 g/mol. The van der Waals surface area contributed by atoms with E-state index in [9.17, 15) is 4.79 Å². The van der Waals surface area contributed by atoms with Gasteiger partial charge in [0.15, 0.2) is 0 Å². The van der Waals surface area contributed by atoms with Crippen LogP contribution < -0.4 is 11.6 Å². The van der Waals surface area contributed by atoms with Gasteiger partial charge >= 0.3 is 0 Å². The molecule has 6 heteroatoms. The lowest BCUT2D eigenvalue weighted by atomic mass is 10.7. The van der Waals surface area contributed by atoms with Crippen LogP contribution in [0.25, 0.3) is 0 Å². The van der Waals surface area contributed by atoms with E-state index in [4.69, 9.17) is 17.0 Å². The van der Waals surface area contributed by atoms with Crippen molar-refractivity contribution >= 4 is 24.3 Å². The predicted octanol–water partition coefficient (Wildman–Crippen LogP) is -0.976. The summed E-state index contributed by atoms with van der Waals surface area (Å²) in [6.07, 6.45) is 0. The summed E-state index contributed by atoms with van der Waals surface area (Å²) in [5.74, 6) is 4.00. The van der Waals surface area contributed by atoms with Crippen LogP contribution in [0.3, 0.4) is 0 Å². The van der Waals surface area contributed by atoms with Gasteiger partial charge in [0.1, 0.15) is 0 Å². The van der Waals surface area contributed by atoms with Crippen LogP contribution in [0.4, 0.5) is 0 Å². The van der Waals surface area contributed by atoms with E-state index in [1.165, 1.54) is 6.92 Å². The molecule has 5 N–H and O–H groups in total. The van der Waals surface area contributed by atoms with Gasteiger partial charge in [-0.2, -0.15) is 0 Å². The molecule has 9 heavy (non-hydrogen) atoms. The molecule has 0 aliphatic heterocycles. The molecule has 0 saturated carbocycles. The molecule has 0 heterocycles. The molecule has 1 amide bonds. The number of nitrogens with one attached hydrogen (secondary N) is 1. The highest BCUT2D eigenvalue weighted by molar-refractivity contribution is 5.92. The second-order valence-corrected chi connectivity index (χ2v) is 1.27. The number of nitrogens with zero attached hydrogens (tertiary/aromatic N) is 1. The quantitative estimate of drug-likeness (QED) is 0.137. The van der Waals surface area contributed by atoms with Crippen molar-refractivity contribution in [1.82, 2.24) is 5.01 Å². The van der Waals surface area contributed by atoms with Crippen LogP contribution in [0.5, 0.6) is 0 Å². The largest absolute Gasteiger partial charge is 0.369 e. The number of nitrogens with two attached hydrogens (primary N) is 2. The van der Waals surface area contributed by atoms with Gasteiger partial charge in [0.25, 0.3) is 0 Å². The lowest BCUT2D eigenvalue weighted by molar-refractivity contribution is -0.125. The van der Waals surface area contributed by atoms with Gasteiger partial charge in [-0.15, -0.1) is 12.4 Å². The molecule has 0 rings (SSSR count). The summed E-state index contributed by atoms with van der Waals surface area (Å²) in [6.45, 7) is 1.22. The number of guanidine groups is 1. The van der Waals surface area contributed by atoms with Crippen molar-refractivity contribution < 1.29 is 4.79 Å². The van der Waals surface area contributed by atoms with Gasteiger partial charge in [-0.3, -0.25) is 10.2 Å². The molecule has 0 aliphatic rings. The van der Waals surface area contributed by atoms with Crippen molar-refractivity contribution in [3.05, 3.63) is 0 Å². The summed E-state index contributed by atoms with van der Waals surface area (Å²) in [6, 6.07) is 0. The zero-order valence-corrected chi connectivity index (χ0v) is 5.73. The Balaban J connectivity index is 0. The number of hydrazine groups is 1. The van der Waals surface area contributed by atoms with E-state index >= 15 is 0 Å². The van der Waals surface area contributed by atoms with Crippen molar-refractivity contribution in [3.8, 4) is 0 Å². The van der Waals surface area contributed by atoms with Crippen LogP contribution in [0, 0.1) is 5.41 Å². The van der Waals surface area contributed by atoms with Gasteiger partial charge in [0.2, 0.25) is 11.9 Å². The second kappa shape index (κ2) is 4.11. The maximum absolute atomic E-state index is 10.2. The Hall–Kier alpha value is -0.810. The third-order valence-corrected chi connectivity index (χ3v) is 0.599. The Morgan fingerprint density at radius 2 is 2.00 bits per heavy atom. The van der Waals surface area contributed by atoms with Gasteiger partial charge in [-0.25, -0.2) is 10.9 Å². The highest BCUT2D eigenvalue weighted by Crippen LogP contribution is 1.72. The molecule has 0 unspecified atom stereocenters. The minimum atomic E-state index is -0.447. The fraction of sp³-hybridized carbons (Fsp3) is 0.333. The summed E-state index contributed by atoms with van der Waals surface area (Å²) in [5, 5.41) is 7.14. The average Bonchev–Trinajstić information content (AvgIpc) is 1.64. The first-order chi connectivity index (χ1) is 3.55. The third kappa shape index (κ3) is 3.75. The molecule has 0 atom stereocenters. The maximum Gasteiger partial charge on any atom is 0.240 e. The van der Waals surface area contributed by atoms with E-state index in [2.05, 4.69) is 0 Å². The van der Waals surface area contributed by atoms with Gasteiger partial charge in [-0.05, 0) is 0 Å². The lowest BCUT2D eigenvalue weighted by Gasteiger charge is -2.09. The van der Waals surface area contributed by atoms with E-state index in [-0.39, 0.29) is 12.4 Å². The molecule has 0 aromatic heterocycles. The van der Waals surface area contributed by atoms with E-state index in [0.29, 0.717) is 5.01 Å². The van der Waals surface area contributed by atoms with Gasteiger partial charge < -0.3 is 5.73 Å². The topological polar surface area (TPSA) is 96.2 Å². The molecule has 0 spiro atoms. The van der Waals surface area contributed by atoms with Crippen LogP contribution in [0.2, 0.25) is 0 Å². The highest BCUT2D eigenvalue weighted by Gasteiger charge is 2.02. The Bertz CT molecular complexity index is 111. The Kier molecular flexibility index (Phi) is 5.04. The summed E-state index contributed by atoms with van der Waals surface area (Å²) in [7, 11) is 0. The molecular formula is C3H9ClN4O. The molecular weight excluding hydrogens is 144 g/mol. The van der Waals surface area contributed by atoms with Crippen molar-refractivity contribution in [2.24, 2.45) is 11.6 Å². The smallest absolute Gasteiger partial charge is 0.240 e. The first-order valence-corrected chi connectivity index (χ1v) is 1.95. The molecule has 0 bridgehead atoms. The number of carbonyl (C=O) groups excluding carboxylic acids is 1. The second-order valence-electron chi connectivity index (χ2n) is 1.27. The molecule has 5 nitrogen and oxygen atoms in total. The first kappa shape index (κ1) is 11.0. The fourth-order valence-electron chi connectivity index (χ4n) is 0.170. The Labute approximate surface area is 58.9 Å². The van der Waals surface area contributed by atoms with Crippen molar-refractivity contribution in [2.75, 3.05) is 0 Å². The lowest BCUT2D eigenvalue weighted by Crippen LogP contribution is -2.45. The normalized spacial score (nSPS) is 7.33. The minimum absolute atomic E-state index is 0. The standard InChI is InChI=1S/C3H8N4O.ClH/c1-2(8)7(6)3(4)5;/h6H2,1H3,(H3,4,5);1H. The SMILES string of the molecule is CC(=O)N(N)C(=N)N.Cl. The van der Waals surface area contributed by atoms with Crippen LogP contribution in [0.1, 0.15) is 6.92 Å². The van der Waals surface area contributed by atoms with E-state index < -0.39 is 11.9 Å². The molecule has 0 radical (unpaired) electrons. The molecule has 0 aromatic rings. The van der Waals surface area contributed by atoms with E-state index in [0.717, 1.165) is 0 Å². The summed E-state index contributed by atoms with van der Waals surface area (Å²) in [5.41, 5.74) is 4.80. The summed E-state index contributed by atoms with van der Waals surface area (Å²) in [4.78, 5) is 10.2. The van der Waals surface area contributed by atoms with Crippen LogP contribution in [0.15, 0.2) is 0 Å². The van der Waals surface area contributed by atoms with Crippen LogP contribution >= 0.6 is 12.4 Å².